The van der Waals surface area contributed by atoms with Gasteiger partial charge in [-0.1, -0.05) is 24.3 Å². The molecular weight excluding hydrogens is 502 g/mol. The van der Waals surface area contributed by atoms with Crippen molar-refractivity contribution in [2.75, 3.05) is 26.6 Å². The van der Waals surface area contributed by atoms with Crippen molar-refractivity contribution in [3.8, 4) is 22.9 Å². The molecule has 2 atom stereocenters. The quantitative estimate of drug-likeness (QED) is 0.356. The van der Waals surface area contributed by atoms with Gasteiger partial charge in [0.05, 0.1) is 32.6 Å². The van der Waals surface area contributed by atoms with Crippen LogP contribution in [0.15, 0.2) is 76.0 Å². The first kappa shape index (κ1) is 24.1. The highest BCUT2D eigenvalue weighted by Crippen LogP contribution is 2.50. The van der Waals surface area contributed by atoms with Crippen LogP contribution in [0.2, 0.25) is 0 Å². The number of aromatic nitrogens is 2. The maximum atomic E-state index is 13.9. The van der Waals surface area contributed by atoms with Crippen molar-refractivity contribution in [2.24, 2.45) is 0 Å². The van der Waals surface area contributed by atoms with Gasteiger partial charge in [-0.15, -0.1) is 11.3 Å². The number of para-hydroxylation sites is 1. The van der Waals surface area contributed by atoms with E-state index < -0.39 is 5.92 Å². The van der Waals surface area contributed by atoms with E-state index in [0.717, 1.165) is 5.70 Å². The Morgan fingerprint density at radius 3 is 2.29 bits per heavy atom. The summed E-state index contributed by atoms with van der Waals surface area (Å²) in [4.78, 5) is 29.0. The van der Waals surface area contributed by atoms with E-state index in [2.05, 4.69) is 16.5 Å². The van der Waals surface area contributed by atoms with Gasteiger partial charge in [0.25, 0.3) is 5.56 Å². The number of ketones is 1. The molecule has 2 N–H and O–H groups in total. The summed E-state index contributed by atoms with van der Waals surface area (Å²) in [5.41, 5.74) is 3.11. The standard InChI is InChI=1S/C29H27N3O5S/c1-35-21-14-17(15-22(36-2)27(21)37-3)24-25-19(12-16(13-20(25)33)23-10-7-11-38-23)30-28-26(24)29(34)32(31-28)18-8-5-4-6-9-18/h4-11,14-16,24,30-31H,12-13H2,1-3H3/t16-,24-/m0/s1. The fourth-order valence-corrected chi connectivity index (χ4v) is 6.41. The van der Waals surface area contributed by atoms with Gasteiger partial charge in [-0.2, -0.15) is 0 Å². The number of H-pyrrole nitrogens is 1. The van der Waals surface area contributed by atoms with Gasteiger partial charge in [0.2, 0.25) is 5.75 Å². The Morgan fingerprint density at radius 2 is 1.66 bits per heavy atom. The summed E-state index contributed by atoms with van der Waals surface area (Å²) < 4.78 is 18.3. The second kappa shape index (κ2) is 9.57. The molecule has 2 aliphatic rings. The monoisotopic (exact) mass is 529 g/mol. The predicted octanol–water partition coefficient (Wildman–Crippen LogP) is 5.21. The largest absolute Gasteiger partial charge is 0.493 e. The molecule has 1 aliphatic heterocycles. The van der Waals surface area contributed by atoms with Crippen LogP contribution >= 0.6 is 11.3 Å². The number of aromatic amines is 1. The van der Waals surface area contributed by atoms with Gasteiger partial charge in [-0.3, -0.25) is 14.7 Å². The Labute approximate surface area is 223 Å². The lowest BCUT2D eigenvalue weighted by Crippen LogP contribution is -2.31. The minimum atomic E-state index is -0.611. The lowest BCUT2D eigenvalue weighted by molar-refractivity contribution is -0.116. The zero-order chi connectivity index (χ0) is 26.4. The number of anilines is 1. The lowest BCUT2D eigenvalue weighted by atomic mass is 9.74. The number of ether oxygens (including phenoxy) is 3. The molecule has 4 aromatic rings. The Kier molecular flexibility index (Phi) is 6.07. The summed E-state index contributed by atoms with van der Waals surface area (Å²) in [6.45, 7) is 0. The highest BCUT2D eigenvalue weighted by atomic mass is 32.1. The van der Waals surface area contributed by atoms with E-state index in [1.165, 1.54) is 9.56 Å². The molecule has 0 saturated heterocycles. The summed E-state index contributed by atoms with van der Waals surface area (Å²) in [6, 6.07) is 17.1. The lowest BCUT2D eigenvalue weighted by Gasteiger charge is -2.34. The highest BCUT2D eigenvalue weighted by molar-refractivity contribution is 7.10. The van der Waals surface area contributed by atoms with E-state index in [4.69, 9.17) is 14.2 Å². The predicted molar refractivity (Wildman–Crippen MR) is 146 cm³/mol. The molecule has 38 heavy (non-hydrogen) atoms. The number of nitrogens with zero attached hydrogens (tertiary/aromatic N) is 1. The molecule has 2 aromatic carbocycles. The third-order valence-electron chi connectivity index (χ3n) is 7.27. The zero-order valence-corrected chi connectivity index (χ0v) is 22.1. The molecule has 1 aliphatic carbocycles. The average Bonchev–Trinajstić information content (AvgIpc) is 3.60. The molecule has 9 heteroatoms. The third-order valence-corrected chi connectivity index (χ3v) is 8.30. The number of carbonyl (C=O) groups excluding carboxylic acids is 1. The molecule has 0 spiro atoms. The molecule has 0 bridgehead atoms. The van der Waals surface area contributed by atoms with Crippen LogP contribution in [0.4, 0.5) is 5.82 Å². The van der Waals surface area contributed by atoms with Crippen LogP contribution in [-0.4, -0.2) is 36.9 Å². The average molecular weight is 530 g/mol. The molecule has 2 aromatic heterocycles. The Hall–Kier alpha value is -4.24. The SMILES string of the molecule is COc1cc([C@H]2C3=C(C[C@H](c4cccs4)CC3=O)Nc3[nH]n(-c4ccccc4)c(=O)c32)cc(OC)c1OC. The van der Waals surface area contributed by atoms with Gasteiger partial charge in [-0.25, -0.2) is 4.68 Å². The number of thiophene rings is 1. The molecule has 0 fully saturated rings. The van der Waals surface area contributed by atoms with Crippen LogP contribution in [-0.2, 0) is 4.79 Å². The van der Waals surface area contributed by atoms with E-state index in [0.29, 0.717) is 58.3 Å². The molecule has 0 saturated carbocycles. The number of hydrogen-bond acceptors (Lipinski definition) is 7. The minimum absolute atomic E-state index is 0.0217. The highest BCUT2D eigenvalue weighted by Gasteiger charge is 2.42. The number of Topliss-reactive ketones (excluding diaryl/α,β-unsaturated/α-hetero) is 1. The van der Waals surface area contributed by atoms with Gasteiger partial charge < -0.3 is 19.5 Å². The Morgan fingerprint density at radius 1 is 0.921 bits per heavy atom. The van der Waals surface area contributed by atoms with Gasteiger partial charge in [-0.05, 0) is 47.7 Å². The van der Waals surface area contributed by atoms with Gasteiger partial charge in [0, 0.05) is 34.4 Å². The van der Waals surface area contributed by atoms with Crippen LogP contribution in [0.5, 0.6) is 17.2 Å². The summed E-state index contributed by atoms with van der Waals surface area (Å²) in [5, 5.41) is 8.72. The first-order valence-electron chi connectivity index (χ1n) is 12.3. The number of rotatable bonds is 6. The molecule has 0 unspecified atom stereocenters. The number of allylic oxidation sites excluding steroid dienone is 2. The van der Waals surface area contributed by atoms with Crippen LogP contribution < -0.4 is 25.1 Å². The summed E-state index contributed by atoms with van der Waals surface area (Å²) in [5.74, 6) is 1.44. The number of fused-ring (bicyclic) bond motifs is 1. The van der Waals surface area contributed by atoms with Crippen LogP contribution in [0.3, 0.4) is 0 Å². The van der Waals surface area contributed by atoms with E-state index >= 15 is 0 Å². The van der Waals surface area contributed by atoms with Gasteiger partial charge in [0.15, 0.2) is 17.3 Å². The smallest absolute Gasteiger partial charge is 0.277 e. The van der Waals surface area contributed by atoms with E-state index in [1.54, 1.807) is 32.7 Å². The van der Waals surface area contributed by atoms with E-state index in [1.807, 2.05) is 53.9 Å². The van der Waals surface area contributed by atoms with Crippen molar-refractivity contribution in [1.82, 2.24) is 9.78 Å². The summed E-state index contributed by atoms with van der Waals surface area (Å²) in [6.07, 6.45) is 1.05. The van der Waals surface area contributed by atoms with Gasteiger partial charge in [0.1, 0.15) is 5.82 Å². The van der Waals surface area contributed by atoms with Crippen molar-refractivity contribution >= 4 is 22.9 Å². The maximum Gasteiger partial charge on any atom is 0.277 e. The summed E-state index contributed by atoms with van der Waals surface area (Å²) in [7, 11) is 4.65. The molecule has 0 radical (unpaired) electrons. The number of nitrogens with one attached hydrogen (secondary N) is 2. The zero-order valence-electron chi connectivity index (χ0n) is 21.2. The number of benzene rings is 2. The van der Waals surface area contributed by atoms with Crippen molar-refractivity contribution in [1.29, 1.82) is 0 Å². The topological polar surface area (TPSA) is 94.6 Å². The second-order valence-electron chi connectivity index (χ2n) is 9.33. The maximum absolute atomic E-state index is 13.9. The molecule has 0 amide bonds. The van der Waals surface area contributed by atoms with Crippen LogP contribution in [0.1, 0.15) is 40.7 Å². The van der Waals surface area contributed by atoms with Crippen molar-refractivity contribution in [3.05, 3.63) is 97.6 Å². The fourth-order valence-electron chi connectivity index (χ4n) is 5.58. The first-order valence-corrected chi connectivity index (χ1v) is 13.2. The fraction of sp³-hybridized carbons (Fsp3) is 0.241. The number of carbonyl (C=O) groups is 1. The van der Waals surface area contributed by atoms with Crippen LogP contribution in [0.25, 0.3) is 5.69 Å². The second-order valence-corrected chi connectivity index (χ2v) is 10.3. The Bertz CT molecular complexity index is 1580. The molecule has 194 valence electrons. The number of hydrogen-bond donors (Lipinski definition) is 2. The normalized spacial score (nSPS) is 18.4. The molecule has 6 rings (SSSR count). The van der Waals surface area contributed by atoms with E-state index in [9.17, 15) is 9.59 Å². The molecule has 8 nitrogen and oxygen atoms in total. The van der Waals surface area contributed by atoms with Crippen molar-refractivity contribution in [3.63, 3.8) is 0 Å². The molecular formula is C29H27N3O5S. The van der Waals surface area contributed by atoms with Gasteiger partial charge >= 0.3 is 0 Å². The minimum Gasteiger partial charge on any atom is -0.493 e. The molecule has 3 heterocycles. The van der Waals surface area contributed by atoms with Crippen molar-refractivity contribution < 1.29 is 19.0 Å². The Balaban J connectivity index is 1.57. The summed E-state index contributed by atoms with van der Waals surface area (Å²) >= 11 is 1.66. The van der Waals surface area contributed by atoms with Crippen LogP contribution in [0, 0.1) is 0 Å². The number of methoxy groups -OCH3 is 3. The first-order chi connectivity index (χ1) is 18.5. The third kappa shape index (κ3) is 3.81. The van der Waals surface area contributed by atoms with Crippen molar-refractivity contribution in [2.45, 2.75) is 24.7 Å². The van der Waals surface area contributed by atoms with E-state index in [-0.39, 0.29) is 17.3 Å².